The Hall–Kier alpha value is -8.67. The highest BCUT2D eigenvalue weighted by molar-refractivity contribution is 8.76. The topological polar surface area (TPSA) is 554 Å². The highest BCUT2D eigenvalue weighted by atomic mass is 33.1. The van der Waals surface area contributed by atoms with Crippen LogP contribution in [0, 0.1) is 34.5 Å². The van der Waals surface area contributed by atoms with Crippen LogP contribution in [0.2, 0.25) is 0 Å². The van der Waals surface area contributed by atoms with E-state index in [1.54, 1.807) is 68.5 Å². The fraction of sp³-hybridized carbons (Fsp3) is 0.561. The number of rotatable bonds is 20. The lowest BCUT2D eigenvalue weighted by molar-refractivity contribution is -0.209. The van der Waals surface area contributed by atoms with Gasteiger partial charge in [-0.25, -0.2) is 0 Å². The van der Waals surface area contributed by atoms with Gasteiger partial charge in [0.05, 0.1) is 31.3 Å². The molecule has 0 radical (unpaired) electrons. The van der Waals surface area contributed by atoms with Gasteiger partial charge in [-0.15, -0.1) is 0 Å². The van der Waals surface area contributed by atoms with Gasteiger partial charge in [-0.3, -0.25) is 62.9 Å². The Morgan fingerprint density at radius 2 is 1.38 bits per heavy atom. The number of guanidine groups is 1. The number of carbonyl (C=O) groups is 12. The lowest BCUT2D eigenvalue weighted by Crippen LogP contribution is -2.65. The number of phenolic OH excluding ortho intramolecular Hbond substituents is 1. The lowest BCUT2D eigenvalue weighted by atomic mass is 9.59. The Balaban J connectivity index is 0.000000444. The summed E-state index contributed by atoms with van der Waals surface area (Å²) in [7, 11) is 2.18. The number of hydrogen-bond donors (Lipinski definition) is 19. The molecule has 2 aromatic carbocycles. The van der Waals surface area contributed by atoms with Gasteiger partial charge in [-0.2, -0.15) is 0 Å². The predicted octanol–water partition coefficient (Wildman–Crippen LogP) is -4.20. The van der Waals surface area contributed by atoms with Crippen molar-refractivity contribution in [3.63, 3.8) is 0 Å². The van der Waals surface area contributed by atoms with Crippen LogP contribution in [0.5, 0.6) is 5.75 Å². The maximum atomic E-state index is 14.6. The Bertz CT molecular complexity index is 3510. The first kappa shape index (κ1) is 78.7. The number of likely N-dealkylation sites (tertiary alicyclic amines) is 1. The van der Waals surface area contributed by atoms with Gasteiger partial charge in [0, 0.05) is 85.8 Å². The zero-order chi connectivity index (χ0) is 73.8. The van der Waals surface area contributed by atoms with E-state index in [4.69, 9.17) is 28.3 Å². The maximum absolute atomic E-state index is 14.6. The van der Waals surface area contributed by atoms with Crippen molar-refractivity contribution in [3.05, 3.63) is 89.0 Å². The first-order chi connectivity index (χ1) is 47.1. The summed E-state index contributed by atoms with van der Waals surface area (Å²) in [6.45, 7) is 6.29. The molecule has 546 valence electrons. The molecule has 8 rings (SSSR count). The highest BCUT2D eigenvalue weighted by Crippen LogP contribution is 2.75. The summed E-state index contributed by atoms with van der Waals surface area (Å²) < 4.78 is 0. The van der Waals surface area contributed by atoms with E-state index in [0.717, 1.165) is 21.6 Å². The molecule has 34 heteroatoms. The fourth-order valence-electron chi connectivity index (χ4n) is 14.3. The minimum atomic E-state index is -1.84. The van der Waals surface area contributed by atoms with Crippen molar-refractivity contribution < 1.29 is 88.2 Å². The summed E-state index contributed by atoms with van der Waals surface area (Å²) in [5, 5.41) is 92.7. The Labute approximate surface area is 584 Å². The molecule has 11 amide bonds. The van der Waals surface area contributed by atoms with Crippen molar-refractivity contribution in [2.24, 2.45) is 52.0 Å². The quantitative estimate of drug-likeness (QED) is 0.0196. The molecule has 23 N–H and O–H groups in total. The molecule has 2 saturated heterocycles. The van der Waals surface area contributed by atoms with Gasteiger partial charge in [0.25, 0.3) is 0 Å². The van der Waals surface area contributed by atoms with E-state index in [0.29, 0.717) is 28.7 Å². The monoisotopic (exact) mass is 1430 g/mol. The van der Waals surface area contributed by atoms with E-state index in [9.17, 15) is 88.2 Å². The Morgan fingerprint density at radius 3 is 2.00 bits per heavy atom. The second kappa shape index (κ2) is 33.7. The van der Waals surface area contributed by atoms with E-state index in [2.05, 4.69) is 42.5 Å². The highest BCUT2D eigenvalue weighted by Gasteiger charge is 2.84. The Morgan fingerprint density at radius 1 is 0.770 bits per heavy atom. The lowest BCUT2D eigenvalue weighted by Gasteiger charge is -2.51. The summed E-state index contributed by atoms with van der Waals surface area (Å²) in [5.41, 5.74) is 18.1. The molecule has 32 nitrogen and oxygen atoms in total. The summed E-state index contributed by atoms with van der Waals surface area (Å²) >= 11 is 0. The summed E-state index contributed by atoms with van der Waals surface area (Å²) in [4.78, 5) is 162. The third-order valence-corrected chi connectivity index (χ3v) is 22.0. The predicted molar refractivity (Wildman–Crippen MR) is 364 cm³/mol. The summed E-state index contributed by atoms with van der Waals surface area (Å²) in [5.74, 6) is -13.0. The van der Waals surface area contributed by atoms with Crippen LogP contribution in [0.1, 0.15) is 96.6 Å². The summed E-state index contributed by atoms with van der Waals surface area (Å²) in [6.07, 6.45) is 0.756. The zero-order valence-electron chi connectivity index (χ0n) is 56.0. The van der Waals surface area contributed by atoms with Crippen LogP contribution < -0.4 is 65.5 Å². The van der Waals surface area contributed by atoms with Crippen molar-refractivity contribution >= 4 is 98.3 Å². The van der Waals surface area contributed by atoms with Crippen LogP contribution in [0.4, 0.5) is 0 Å². The van der Waals surface area contributed by atoms with Crippen molar-refractivity contribution in [1.82, 2.24) is 47.4 Å². The zero-order valence-corrected chi connectivity index (χ0v) is 57.6. The van der Waals surface area contributed by atoms with Gasteiger partial charge in [0.1, 0.15) is 59.2 Å². The van der Waals surface area contributed by atoms with E-state index in [-0.39, 0.29) is 87.9 Å². The number of aromatic hydroxyl groups is 1. The number of aliphatic hydroxyl groups excluding tert-OH is 2. The molecule has 2 aromatic rings. The first-order valence-electron chi connectivity index (χ1n) is 32.9. The van der Waals surface area contributed by atoms with Crippen LogP contribution >= 0.6 is 21.6 Å². The molecule has 0 bridgehead atoms. The third-order valence-electron chi connectivity index (χ3n) is 19.6. The standard InChI is InChI=1S/C46H64N14O12S2.C20H28O6/c47-35(62)15-14-29-40(67)58-32(22-36(48)63)43(70)59-33(45(72)60-18-5-9-34(60)44(71)56-28(8-4-17-52-46(50)51)39(66)53-23-37(49)64)24-74-73-19-16-38(65)54-30(21-26-10-12-27(61)13-11-26)41(68)57-31(42(69)55-29)20-25-6-2-1-3-7-25;1-9-5-13-18(24,15(9)22)7-11(8-21)6-12-14-17(3,4)20(14,26)16(23)10(2)19(12,13)25/h1-3,6-7,10-13,28-34,61H,4-5,8-9,14-24H2,(H2,47,62)(H2,48,63)(H2,49,64)(H,53,66)(H,54,65)(H,55,69)(H,56,71)(H,57,68)(H,58,67)(H,59,70)(H4,50,51,52);5-6,10,12-14,16,21,23-26H,7-8H2,1-4H3/t28-,29-,30-,31-,32-,33-,34-;10-,12+,13-,14-,16-,18-,19-,20-/m01/s1. The van der Waals surface area contributed by atoms with E-state index >= 15 is 0 Å². The fourth-order valence-corrected chi connectivity index (χ4v) is 16.4. The van der Waals surface area contributed by atoms with Crippen molar-refractivity contribution in [1.29, 1.82) is 5.41 Å². The van der Waals surface area contributed by atoms with Gasteiger partial charge in [-0.1, -0.05) is 97.0 Å². The van der Waals surface area contributed by atoms with Crippen molar-refractivity contribution in [3.8, 4) is 5.75 Å². The number of phenols is 1. The number of nitrogens with one attached hydrogen (secondary N) is 9. The van der Waals surface area contributed by atoms with Gasteiger partial charge < -0.3 is 101 Å². The smallest absolute Gasteiger partial charge is 0.246 e. The van der Waals surface area contributed by atoms with Gasteiger partial charge in [-0.05, 0) is 73.4 Å². The number of amides is 11. The molecular formula is C66H92N14O18S2. The molecule has 4 fully saturated rings. The first-order valence-corrected chi connectivity index (χ1v) is 35.3. The number of benzene rings is 2. The van der Waals surface area contributed by atoms with Crippen LogP contribution in [-0.2, 0) is 70.4 Å². The SMILES string of the molecule is CC1=C[C@H]2[C@@]3(O)[C@H](C)[C@@H](O)[C@]4(O)[C@H]([C@@H]3C=C(CO)C[C@]2(O)C1=O)C4(C)C.N=C(N)NCCC[C@H](NC(=O)[C@@H]1CCCN1C(=O)[C@@H]1CSSCCC(=O)N[C@@H](Cc2ccc(O)cc2)C(=O)N[C@@H](Cc2ccccc2)C(=O)N[C@@H](CCC(N)=O)C(=O)N[C@@H](CC(N)=O)C(=O)N1)C(=O)NCC(N)=O. The van der Waals surface area contributed by atoms with E-state index in [1.165, 1.54) is 17.0 Å². The largest absolute Gasteiger partial charge is 0.508 e. The number of fused-ring (bicyclic) bond motifs is 5. The van der Waals surface area contributed by atoms with Crippen LogP contribution in [0.3, 0.4) is 0 Å². The average Bonchev–Trinajstić information content (AvgIpc) is 1.47. The number of aliphatic hydroxyl groups is 5. The maximum Gasteiger partial charge on any atom is 0.246 e. The molecule has 0 unspecified atom stereocenters. The molecule has 100 heavy (non-hydrogen) atoms. The number of ketones is 1. The van der Waals surface area contributed by atoms with Crippen molar-refractivity contribution in [2.75, 3.05) is 37.7 Å². The molecule has 4 aliphatic carbocycles. The molecule has 2 aliphatic heterocycles. The number of primary amides is 3. The van der Waals surface area contributed by atoms with E-state index < -0.39 is 191 Å². The number of nitrogens with zero attached hydrogens (tertiary/aromatic N) is 1. The number of nitrogens with two attached hydrogens (primary N) is 4. The molecular weight excluding hydrogens is 1340 g/mol. The van der Waals surface area contributed by atoms with Crippen molar-refractivity contribution in [2.45, 2.75) is 164 Å². The molecule has 6 aliphatic rings. The number of carbonyl (C=O) groups excluding carboxylic acids is 12. The van der Waals surface area contributed by atoms with Crippen LogP contribution in [0.25, 0.3) is 0 Å². The number of Topliss-reactive ketones (excluding diaryl/α,β-unsaturated/α-hetero) is 1. The normalized spacial score (nSPS) is 30.2. The number of hydrogen-bond acceptors (Lipinski definition) is 21. The van der Waals surface area contributed by atoms with Crippen LogP contribution in [-0.4, -0.2) is 215 Å². The molecule has 0 spiro atoms. The van der Waals surface area contributed by atoms with Gasteiger partial charge in [0.15, 0.2) is 11.7 Å². The Kier molecular flexibility index (Phi) is 26.5. The van der Waals surface area contributed by atoms with Gasteiger partial charge in [0.2, 0.25) is 65.0 Å². The third kappa shape index (κ3) is 18.5. The second-order valence-electron chi connectivity index (χ2n) is 26.8. The molecule has 2 heterocycles. The summed E-state index contributed by atoms with van der Waals surface area (Å²) in [6, 6.07) is 4.50. The van der Waals surface area contributed by atoms with Gasteiger partial charge >= 0.3 is 0 Å². The minimum absolute atomic E-state index is 0.0163. The van der Waals surface area contributed by atoms with E-state index in [1.807, 2.05) is 13.8 Å². The molecule has 2 saturated carbocycles. The molecule has 15 atom stereocenters. The second-order valence-corrected chi connectivity index (χ2v) is 29.4. The average molecular weight is 1430 g/mol. The minimum Gasteiger partial charge on any atom is -0.508 e. The molecule has 0 aromatic heterocycles. The van der Waals surface area contributed by atoms with Crippen LogP contribution in [0.15, 0.2) is 77.9 Å².